The number of nitrogens with one attached hydrogen (secondary N) is 1. The summed E-state index contributed by atoms with van der Waals surface area (Å²) in [4.78, 5) is 3.35. The fraction of sp³-hybridized carbons (Fsp3) is 0.105. The second-order valence-electron chi connectivity index (χ2n) is 6.03. The van der Waals surface area contributed by atoms with Crippen molar-refractivity contribution in [2.75, 3.05) is 17.6 Å². The summed E-state index contributed by atoms with van der Waals surface area (Å²) in [6.07, 6.45) is 1.45. The second kappa shape index (κ2) is 8.02. The van der Waals surface area contributed by atoms with Crippen LogP contribution in [0.15, 0.2) is 53.6 Å². The number of nitrogen functional groups attached to an aromatic ring is 1. The van der Waals surface area contributed by atoms with Crippen LogP contribution in [0.4, 0.5) is 20.2 Å². The monoisotopic (exact) mass is 421 g/mol. The van der Waals surface area contributed by atoms with Crippen molar-refractivity contribution in [3.8, 4) is 17.0 Å². The van der Waals surface area contributed by atoms with Gasteiger partial charge in [-0.2, -0.15) is 0 Å². The van der Waals surface area contributed by atoms with Crippen LogP contribution in [0, 0.1) is 11.6 Å². The normalized spacial score (nSPS) is 11.3. The quantitative estimate of drug-likeness (QED) is 0.527. The van der Waals surface area contributed by atoms with Gasteiger partial charge >= 0.3 is 0 Å². The lowest BCUT2D eigenvalue weighted by molar-refractivity contribution is 0.282. The van der Waals surface area contributed by atoms with E-state index in [9.17, 15) is 22.3 Å². The van der Waals surface area contributed by atoms with Gasteiger partial charge in [-0.25, -0.2) is 22.2 Å². The van der Waals surface area contributed by atoms with E-state index >= 15 is 0 Å². The summed E-state index contributed by atoms with van der Waals surface area (Å²) in [5.74, 6) is -2.17. The van der Waals surface area contributed by atoms with Crippen molar-refractivity contribution >= 4 is 21.4 Å². The molecule has 7 nitrogen and oxygen atoms in total. The molecule has 0 saturated carbocycles. The van der Waals surface area contributed by atoms with Gasteiger partial charge in [-0.15, -0.1) is 0 Å². The average Bonchev–Trinajstić information content (AvgIpc) is 2.67. The van der Waals surface area contributed by atoms with Gasteiger partial charge in [0.2, 0.25) is 5.88 Å². The molecule has 0 aliphatic carbocycles. The number of ether oxygens (including phenoxy) is 1. The van der Waals surface area contributed by atoms with Crippen LogP contribution in [0.25, 0.3) is 11.1 Å². The molecule has 3 rings (SSSR count). The average molecular weight is 421 g/mol. The Balaban J connectivity index is 2.04. The van der Waals surface area contributed by atoms with Gasteiger partial charge < -0.3 is 15.6 Å². The van der Waals surface area contributed by atoms with E-state index in [4.69, 9.17) is 10.5 Å². The lowest BCUT2D eigenvalue weighted by Gasteiger charge is -2.14. The fourth-order valence-corrected chi connectivity index (χ4v) is 3.77. The smallest absolute Gasteiger partial charge is 0.264 e. The number of anilines is 2. The van der Waals surface area contributed by atoms with Crippen molar-refractivity contribution in [3.05, 3.63) is 65.9 Å². The largest absolute Gasteiger partial charge is 0.480 e. The van der Waals surface area contributed by atoms with E-state index < -0.39 is 26.6 Å². The van der Waals surface area contributed by atoms with Crippen LogP contribution in [-0.4, -0.2) is 25.6 Å². The van der Waals surface area contributed by atoms with Crippen LogP contribution in [0.1, 0.15) is 5.56 Å². The number of sulfonamides is 1. The van der Waals surface area contributed by atoms with Gasteiger partial charge in [-0.3, -0.25) is 4.72 Å². The number of aromatic nitrogens is 1. The van der Waals surface area contributed by atoms with E-state index in [1.807, 2.05) is 0 Å². The molecule has 0 amide bonds. The first-order valence-electron chi connectivity index (χ1n) is 8.26. The molecule has 0 atom stereocenters. The Labute approximate surface area is 165 Å². The third kappa shape index (κ3) is 4.28. The number of rotatable bonds is 6. The Morgan fingerprint density at radius 3 is 2.55 bits per heavy atom. The number of pyridine rings is 1. The van der Waals surface area contributed by atoms with Crippen LogP contribution < -0.4 is 15.2 Å². The number of aliphatic hydroxyl groups excluding tert-OH is 1. The van der Waals surface area contributed by atoms with Crippen molar-refractivity contribution in [2.45, 2.75) is 11.5 Å². The molecule has 3 aromatic rings. The third-order valence-electron chi connectivity index (χ3n) is 4.12. The van der Waals surface area contributed by atoms with E-state index in [2.05, 4.69) is 9.71 Å². The number of aliphatic hydroxyl groups is 1. The maximum atomic E-state index is 14.0. The molecule has 0 unspecified atom stereocenters. The lowest BCUT2D eigenvalue weighted by Crippen LogP contribution is -2.15. The summed E-state index contributed by atoms with van der Waals surface area (Å²) < 4.78 is 59.5. The molecule has 2 aromatic carbocycles. The number of hydrogen-bond donors (Lipinski definition) is 3. The van der Waals surface area contributed by atoms with E-state index in [-0.39, 0.29) is 18.2 Å². The van der Waals surface area contributed by atoms with Gasteiger partial charge in [0.1, 0.15) is 22.2 Å². The van der Waals surface area contributed by atoms with Crippen molar-refractivity contribution < 1.29 is 27.0 Å². The number of benzene rings is 2. The first kappa shape index (κ1) is 20.5. The minimum atomic E-state index is -4.38. The predicted octanol–water partition coefficient (Wildman–Crippen LogP) is 2.91. The molecule has 0 aliphatic heterocycles. The first-order valence-corrected chi connectivity index (χ1v) is 9.75. The first-order chi connectivity index (χ1) is 13.7. The standard InChI is InChI=1S/C19H17F2N3O4S/c1-28-19-17(24-29(26,27)18-5-3-14(20)8-15(18)21)7-12(9-23-19)11-2-4-16(22)13(6-11)10-25/h2-9,24-25H,10,22H2,1H3. The Kier molecular flexibility index (Phi) is 5.66. The van der Waals surface area contributed by atoms with Gasteiger partial charge in [-0.05, 0) is 35.9 Å². The van der Waals surface area contributed by atoms with Gasteiger partial charge in [0.05, 0.1) is 13.7 Å². The maximum absolute atomic E-state index is 14.0. The Morgan fingerprint density at radius 1 is 1.14 bits per heavy atom. The molecule has 152 valence electrons. The van der Waals surface area contributed by atoms with Gasteiger partial charge in [0.25, 0.3) is 10.0 Å². The van der Waals surface area contributed by atoms with E-state index in [1.165, 1.54) is 19.4 Å². The molecule has 1 aromatic heterocycles. The van der Waals surface area contributed by atoms with Crippen LogP contribution in [0.2, 0.25) is 0 Å². The topological polar surface area (TPSA) is 115 Å². The minimum Gasteiger partial charge on any atom is -0.480 e. The van der Waals surface area contributed by atoms with Crippen LogP contribution in [0.5, 0.6) is 5.88 Å². The highest BCUT2D eigenvalue weighted by molar-refractivity contribution is 7.92. The van der Waals surface area contributed by atoms with Gasteiger partial charge in [0, 0.05) is 29.1 Å². The third-order valence-corrected chi connectivity index (χ3v) is 5.52. The zero-order chi connectivity index (χ0) is 21.2. The van der Waals surface area contributed by atoms with Crippen molar-refractivity contribution in [1.29, 1.82) is 0 Å². The molecule has 0 spiro atoms. The maximum Gasteiger partial charge on any atom is 0.264 e. The highest BCUT2D eigenvalue weighted by Gasteiger charge is 2.22. The Bertz CT molecular complexity index is 1170. The lowest BCUT2D eigenvalue weighted by atomic mass is 10.0. The number of nitrogens with zero attached hydrogens (tertiary/aromatic N) is 1. The Morgan fingerprint density at radius 2 is 1.90 bits per heavy atom. The van der Waals surface area contributed by atoms with E-state index in [0.29, 0.717) is 28.4 Å². The molecule has 0 saturated heterocycles. The van der Waals surface area contributed by atoms with Crippen molar-refractivity contribution in [2.24, 2.45) is 0 Å². The molecule has 0 aliphatic rings. The van der Waals surface area contributed by atoms with Gasteiger partial charge in [0.15, 0.2) is 0 Å². The number of nitrogens with two attached hydrogens (primary N) is 1. The highest BCUT2D eigenvalue weighted by Crippen LogP contribution is 2.31. The van der Waals surface area contributed by atoms with E-state index in [0.717, 1.165) is 12.1 Å². The number of halogens is 2. The van der Waals surface area contributed by atoms with Crippen LogP contribution in [-0.2, 0) is 16.6 Å². The SMILES string of the molecule is COc1ncc(-c2ccc(N)c(CO)c2)cc1NS(=O)(=O)c1ccc(F)cc1F. The summed E-state index contributed by atoms with van der Waals surface area (Å²) in [5.41, 5.74) is 7.75. The second-order valence-corrected chi connectivity index (χ2v) is 7.68. The summed E-state index contributed by atoms with van der Waals surface area (Å²) in [7, 11) is -3.09. The summed E-state index contributed by atoms with van der Waals surface area (Å²) in [5, 5.41) is 9.38. The van der Waals surface area contributed by atoms with Crippen LogP contribution in [0.3, 0.4) is 0 Å². The van der Waals surface area contributed by atoms with Crippen LogP contribution >= 0.6 is 0 Å². The fourth-order valence-electron chi connectivity index (χ4n) is 2.66. The molecule has 10 heteroatoms. The molecule has 1 heterocycles. The summed E-state index contributed by atoms with van der Waals surface area (Å²) >= 11 is 0. The van der Waals surface area contributed by atoms with E-state index in [1.54, 1.807) is 18.2 Å². The highest BCUT2D eigenvalue weighted by atomic mass is 32.2. The van der Waals surface area contributed by atoms with Crippen molar-refractivity contribution in [1.82, 2.24) is 4.98 Å². The zero-order valence-corrected chi connectivity index (χ0v) is 16.0. The molecule has 0 radical (unpaired) electrons. The Hall–Kier alpha value is -3.24. The van der Waals surface area contributed by atoms with Gasteiger partial charge in [-0.1, -0.05) is 6.07 Å². The molecule has 29 heavy (non-hydrogen) atoms. The molecule has 0 bridgehead atoms. The van der Waals surface area contributed by atoms with Crippen molar-refractivity contribution in [3.63, 3.8) is 0 Å². The molecular weight excluding hydrogens is 404 g/mol. The molecule has 4 N–H and O–H groups in total. The predicted molar refractivity (Wildman–Crippen MR) is 104 cm³/mol. The minimum absolute atomic E-state index is 0.0438. The zero-order valence-electron chi connectivity index (χ0n) is 15.2. The number of methoxy groups -OCH3 is 1. The molecule has 0 fully saturated rings. The molecular formula is C19H17F2N3O4S. The number of hydrogen-bond acceptors (Lipinski definition) is 6. The summed E-state index contributed by atoms with van der Waals surface area (Å²) in [6, 6.07) is 8.50. The summed E-state index contributed by atoms with van der Waals surface area (Å²) in [6.45, 7) is -0.271.